The van der Waals surface area contributed by atoms with Crippen LogP contribution in [-0.4, -0.2) is 31.8 Å². The van der Waals surface area contributed by atoms with Crippen molar-refractivity contribution in [2.45, 2.75) is 36.4 Å². The molecular formula is C24H26F4N4O2S. The Hall–Kier alpha value is -2.76. The Morgan fingerprint density at radius 1 is 1.20 bits per heavy atom. The van der Waals surface area contributed by atoms with Crippen LogP contribution in [0.5, 0.6) is 0 Å². The van der Waals surface area contributed by atoms with Crippen molar-refractivity contribution in [3.63, 3.8) is 0 Å². The number of alkyl halides is 3. The van der Waals surface area contributed by atoms with Crippen LogP contribution in [0.25, 0.3) is 0 Å². The lowest BCUT2D eigenvalue weighted by Crippen LogP contribution is -2.24. The van der Waals surface area contributed by atoms with E-state index in [1.54, 1.807) is 26.2 Å². The van der Waals surface area contributed by atoms with E-state index >= 15 is 0 Å². The van der Waals surface area contributed by atoms with Gasteiger partial charge in [0.25, 0.3) is 0 Å². The predicted octanol–water partition coefficient (Wildman–Crippen LogP) is 3.77. The minimum absolute atomic E-state index is 0.0296. The molecule has 3 aromatic rings. The van der Waals surface area contributed by atoms with Crippen molar-refractivity contribution >= 4 is 10.0 Å². The van der Waals surface area contributed by atoms with E-state index < -0.39 is 27.6 Å². The lowest BCUT2D eigenvalue weighted by molar-refractivity contribution is -0.137. The van der Waals surface area contributed by atoms with Crippen LogP contribution < -0.4 is 10.0 Å². The van der Waals surface area contributed by atoms with E-state index in [0.29, 0.717) is 24.9 Å². The third-order valence-electron chi connectivity index (χ3n) is 6.38. The molecule has 6 nitrogen and oxygen atoms in total. The maximum atomic E-state index is 14.9. The lowest BCUT2D eigenvalue weighted by atomic mass is 9.86. The minimum atomic E-state index is -4.43. The number of aryl methyl sites for hydroxylation is 1. The number of rotatable bonds is 8. The SMILES string of the molecule is CNCC1Cc2cc(F)c(CNS(=O)(=O)c3cnn(C)c3)cc2C1Cc1cccc(C(F)(F)F)c1. The Balaban J connectivity index is 1.61. The molecule has 0 bridgehead atoms. The second-order valence-electron chi connectivity index (χ2n) is 8.85. The molecular weight excluding hydrogens is 484 g/mol. The van der Waals surface area contributed by atoms with Crippen LogP contribution in [0, 0.1) is 11.7 Å². The first kappa shape index (κ1) is 25.3. The molecule has 2 aromatic carbocycles. The van der Waals surface area contributed by atoms with Gasteiger partial charge in [-0.3, -0.25) is 4.68 Å². The fourth-order valence-corrected chi connectivity index (χ4v) is 5.68. The molecule has 2 unspecified atom stereocenters. The highest BCUT2D eigenvalue weighted by Crippen LogP contribution is 2.41. The second kappa shape index (κ2) is 9.71. The van der Waals surface area contributed by atoms with E-state index in [0.717, 1.165) is 23.3 Å². The first-order valence-corrected chi connectivity index (χ1v) is 12.6. The van der Waals surface area contributed by atoms with Gasteiger partial charge in [0.15, 0.2) is 0 Å². The highest BCUT2D eigenvalue weighted by atomic mass is 32.2. The van der Waals surface area contributed by atoms with Crippen molar-refractivity contribution in [1.29, 1.82) is 0 Å². The van der Waals surface area contributed by atoms with E-state index in [1.165, 1.54) is 29.2 Å². The van der Waals surface area contributed by atoms with Gasteiger partial charge in [0.2, 0.25) is 10.0 Å². The van der Waals surface area contributed by atoms with Gasteiger partial charge in [0.1, 0.15) is 10.7 Å². The van der Waals surface area contributed by atoms with Crippen molar-refractivity contribution in [1.82, 2.24) is 19.8 Å². The van der Waals surface area contributed by atoms with Crippen LogP contribution >= 0.6 is 0 Å². The van der Waals surface area contributed by atoms with Crippen molar-refractivity contribution in [2.75, 3.05) is 13.6 Å². The van der Waals surface area contributed by atoms with Crippen molar-refractivity contribution < 1.29 is 26.0 Å². The summed E-state index contributed by atoms with van der Waals surface area (Å²) in [5.41, 5.74) is 1.64. The zero-order valence-corrected chi connectivity index (χ0v) is 20.0. The average molecular weight is 511 g/mol. The van der Waals surface area contributed by atoms with Crippen molar-refractivity contribution in [2.24, 2.45) is 13.0 Å². The molecule has 0 aliphatic heterocycles. The molecule has 1 heterocycles. The quantitative estimate of drug-likeness (QED) is 0.453. The highest BCUT2D eigenvalue weighted by molar-refractivity contribution is 7.89. The Bertz CT molecular complexity index is 1320. The number of benzene rings is 2. The Kier molecular flexibility index (Phi) is 7.03. The monoisotopic (exact) mass is 510 g/mol. The summed E-state index contributed by atoms with van der Waals surface area (Å²) in [4.78, 5) is -0.0296. The Morgan fingerprint density at radius 3 is 2.63 bits per heavy atom. The third kappa shape index (κ3) is 5.57. The van der Waals surface area contributed by atoms with E-state index in [1.807, 2.05) is 0 Å². The molecule has 0 saturated heterocycles. The topological polar surface area (TPSA) is 76.0 Å². The molecule has 0 fully saturated rings. The van der Waals surface area contributed by atoms with Crippen molar-refractivity contribution in [3.05, 3.63) is 82.4 Å². The number of hydrogen-bond acceptors (Lipinski definition) is 4. The molecule has 35 heavy (non-hydrogen) atoms. The van der Waals surface area contributed by atoms with E-state index in [2.05, 4.69) is 15.1 Å². The molecule has 188 valence electrons. The summed E-state index contributed by atoms with van der Waals surface area (Å²) < 4.78 is 83.3. The fourth-order valence-electron chi connectivity index (χ4n) is 4.69. The third-order valence-corrected chi connectivity index (χ3v) is 7.74. The Labute approximate surface area is 201 Å². The smallest absolute Gasteiger partial charge is 0.319 e. The normalized spacial score (nSPS) is 18.1. The largest absolute Gasteiger partial charge is 0.416 e. The molecule has 2 N–H and O–H groups in total. The fraction of sp³-hybridized carbons (Fsp3) is 0.375. The van der Waals surface area contributed by atoms with Crippen LogP contribution in [0.1, 0.15) is 33.7 Å². The van der Waals surface area contributed by atoms with Gasteiger partial charge in [-0.15, -0.1) is 0 Å². The molecule has 0 spiro atoms. The molecule has 0 radical (unpaired) electrons. The molecule has 0 amide bonds. The van der Waals surface area contributed by atoms with Gasteiger partial charge in [-0.1, -0.05) is 24.3 Å². The number of nitrogens with zero attached hydrogens (tertiary/aromatic N) is 2. The summed E-state index contributed by atoms with van der Waals surface area (Å²) in [5, 5.41) is 6.96. The Morgan fingerprint density at radius 2 is 1.97 bits per heavy atom. The van der Waals surface area contributed by atoms with Crippen LogP contribution in [0.4, 0.5) is 17.6 Å². The van der Waals surface area contributed by atoms with Crippen molar-refractivity contribution in [3.8, 4) is 0 Å². The number of fused-ring (bicyclic) bond motifs is 1. The summed E-state index contributed by atoms with van der Waals surface area (Å²) in [7, 11) is -0.501. The molecule has 0 saturated carbocycles. The van der Waals surface area contributed by atoms with E-state index in [9.17, 15) is 26.0 Å². The highest BCUT2D eigenvalue weighted by Gasteiger charge is 2.35. The first-order valence-electron chi connectivity index (χ1n) is 11.1. The summed E-state index contributed by atoms with van der Waals surface area (Å²) >= 11 is 0. The van der Waals surface area contributed by atoms with Crippen LogP contribution in [0.2, 0.25) is 0 Å². The summed E-state index contributed by atoms with van der Waals surface area (Å²) in [5.74, 6) is -0.609. The van der Waals surface area contributed by atoms with Gasteiger partial charge >= 0.3 is 6.18 Å². The van der Waals surface area contributed by atoms with Gasteiger partial charge in [0.05, 0.1) is 11.8 Å². The maximum absolute atomic E-state index is 14.9. The number of aromatic nitrogens is 2. The zero-order valence-electron chi connectivity index (χ0n) is 19.2. The van der Waals surface area contributed by atoms with Crippen LogP contribution in [0.15, 0.2) is 53.7 Å². The number of nitrogens with one attached hydrogen (secondary N) is 2. The van der Waals surface area contributed by atoms with Gasteiger partial charge in [0, 0.05) is 25.4 Å². The van der Waals surface area contributed by atoms with Gasteiger partial charge < -0.3 is 5.32 Å². The lowest BCUT2D eigenvalue weighted by Gasteiger charge is -2.21. The summed E-state index contributed by atoms with van der Waals surface area (Å²) in [6, 6.07) is 8.31. The van der Waals surface area contributed by atoms with Gasteiger partial charge in [-0.2, -0.15) is 18.3 Å². The predicted molar refractivity (Wildman–Crippen MR) is 123 cm³/mol. The molecule has 1 aromatic heterocycles. The van der Waals surface area contributed by atoms with E-state index in [-0.39, 0.29) is 28.8 Å². The zero-order chi connectivity index (χ0) is 25.4. The standard InChI is InChI=1S/C24H26F4N4O2S/c1-29-11-17-8-16-10-23(25)18(12-31-35(33,34)20-13-30-32(2)14-20)9-22(16)21(17)7-15-4-3-5-19(6-15)24(26,27)28/h3-6,9-10,13-14,17,21,29,31H,7-8,11-12H2,1-2H3. The number of sulfonamides is 1. The second-order valence-corrected chi connectivity index (χ2v) is 10.6. The van der Waals surface area contributed by atoms with Crippen LogP contribution in [0.3, 0.4) is 0 Å². The van der Waals surface area contributed by atoms with Crippen LogP contribution in [-0.2, 0) is 42.6 Å². The summed E-state index contributed by atoms with van der Waals surface area (Å²) in [6.45, 7) is 0.353. The maximum Gasteiger partial charge on any atom is 0.416 e. The molecule has 11 heteroatoms. The number of hydrogen-bond donors (Lipinski definition) is 2. The first-order chi connectivity index (χ1) is 16.5. The molecule has 1 aliphatic rings. The van der Waals surface area contributed by atoms with Gasteiger partial charge in [-0.25, -0.2) is 17.5 Å². The number of halogens is 4. The minimum Gasteiger partial charge on any atom is -0.319 e. The summed E-state index contributed by atoms with van der Waals surface area (Å²) in [6.07, 6.45) is -0.951. The van der Waals surface area contributed by atoms with E-state index in [4.69, 9.17) is 0 Å². The average Bonchev–Trinajstić information content (AvgIpc) is 3.36. The molecule has 2 atom stereocenters. The molecule has 4 rings (SSSR count). The van der Waals surface area contributed by atoms with Gasteiger partial charge in [-0.05, 0) is 67.1 Å². The molecule has 1 aliphatic carbocycles.